The Morgan fingerprint density at radius 3 is 2.62 bits per heavy atom. The lowest BCUT2D eigenvalue weighted by atomic mass is 10.1. The molecule has 0 aliphatic carbocycles. The van der Waals surface area contributed by atoms with E-state index in [4.69, 9.17) is 4.74 Å². The summed E-state index contributed by atoms with van der Waals surface area (Å²) in [6.45, 7) is 8.44. The number of aryl methyl sites for hydroxylation is 3. The molecular weight excluding hydrogens is 284 g/mol. The number of aromatic nitrogens is 1. The molecule has 2 aromatic rings. The smallest absolute Gasteiger partial charge is 0.258 e. The number of hydrogen-bond acceptors (Lipinski definition) is 4. The molecular formula is C16H20N2O2S. The molecule has 1 N–H and O–H groups in total. The van der Waals surface area contributed by atoms with Crippen molar-refractivity contribution in [1.82, 2.24) is 10.3 Å². The number of carbonyl (C=O) groups is 1. The molecule has 1 amide bonds. The zero-order valence-corrected chi connectivity index (χ0v) is 13.6. The Morgan fingerprint density at radius 2 is 1.95 bits per heavy atom. The molecule has 21 heavy (non-hydrogen) atoms. The standard InChI is InChI=1S/C16H20N2O2S/c1-10-5-6-11(2)16(12(10)3)20-8-15(19)17-7-14-9-21-13(4)18-14/h5-6,9H,7-8H2,1-4H3,(H,17,19). The first-order valence-corrected chi connectivity index (χ1v) is 7.72. The number of amides is 1. The average Bonchev–Trinajstić information content (AvgIpc) is 2.86. The Labute approximate surface area is 129 Å². The Kier molecular flexibility index (Phi) is 4.96. The highest BCUT2D eigenvalue weighted by Gasteiger charge is 2.09. The van der Waals surface area contributed by atoms with Gasteiger partial charge in [-0.05, 0) is 44.4 Å². The van der Waals surface area contributed by atoms with Crippen molar-refractivity contribution >= 4 is 17.2 Å². The Hall–Kier alpha value is -1.88. The second kappa shape index (κ2) is 6.72. The molecule has 112 valence electrons. The van der Waals surface area contributed by atoms with Gasteiger partial charge in [0.2, 0.25) is 0 Å². The summed E-state index contributed by atoms with van der Waals surface area (Å²) in [5, 5.41) is 5.77. The molecule has 0 saturated carbocycles. The molecule has 0 unspecified atom stereocenters. The monoisotopic (exact) mass is 304 g/mol. The van der Waals surface area contributed by atoms with Crippen LogP contribution in [0, 0.1) is 27.7 Å². The van der Waals surface area contributed by atoms with Gasteiger partial charge in [-0.2, -0.15) is 0 Å². The molecule has 0 atom stereocenters. The van der Waals surface area contributed by atoms with E-state index in [-0.39, 0.29) is 12.5 Å². The van der Waals surface area contributed by atoms with Gasteiger partial charge >= 0.3 is 0 Å². The molecule has 0 saturated heterocycles. The van der Waals surface area contributed by atoms with E-state index in [9.17, 15) is 4.79 Å². The van der Waals surface area contributed by atoms with Crippen molar-refractivity contribution in [3.8, 4) is 5.75 Å². The molecule has 0 aliphatic rings. The fourth-order valence-corrected chi connectivity index (χ4v) is 2.63. The number of nitrogens with zero attached hydrogens (tertiary/aromatic N) is 1. The Balaban J connectivity index is 1.88. The number of benzene rings is 1. The number of ether oxygens (including phenoxy) is 1. The van der Waals surface area contributed by atoms with Crippen LogP contribution in [0.4, 0.5) is 0 Å². The summed E-state index contributed by atoms with van der Waals surface area (Å²) in [5.74, 6) is 0.663. The van der Waals surface area contributed by atoms with E-state index in [2.05, 4.69) is 16.4 Å². The largest absolute Gasteiger partial charge is 0.483 e. The van der Waals surface area contributed by atoms with Crippen molar-refractivity contribution in [2.45, 2.75) is 34.2 Å². The van der Waals surface area contributed by atoms with E-state index in [1.165, 1.54) is 0 Å². The van der Waals surface area contributed by atoms with Crippen LogP contribution in [0.2, 0.25) is 0 Å². The first-order chi connectivity index (χ1) is 9.97. The maximum absolute atomic E-state index is 11.8. The molecule has 0 aliphatic heterocycles. The van der Waals surface area contributed by atoms with Gasteiger partial charge in [-0.3, -0.25) is 4.79 Å². The molecule has 2 rings (SSSR count). The van der Waals surface area contributed by atoms with Crippen LogP contribution in [-0.2, 0) is 11.3 Å². The second-order valence-corrected chi connectivity index (χ2v) is 6.14. The topological polar surface area (TPSA) is 51.2 Å². The van der Waals surface area contributed by atoms with E-state index in [0.717, 1.165) is 33.1 Å². The fourth-order valence-electron chi connectivity index (χ4n) is 2.01. The first kappa shape index (κ1) is 15.5. The van der Waals surface area contributed by atoms with E-state index >= 15 is 0 Å². The molecule has 5 heteroatoms. The predicted molar refractivity (Wildman–Crippen MR) is 84.8 cm³/mol. The second-order valence-electron chi connectivity index (χ2n) is 5.08. The van der Waals surface area contributed by atoms with Gasteiger partial charge in [-0.1, -0.05) is 12.1 Å². The SMILES string of the molecule is Cc1nc(CNC(=O)COc2c(C)ccc(C)c2C)cs1. The molecule has 1 aromatic heterocycles. The van der Waals surface area contributed by atoms with Gasteiger partial charge in [0.15, 0.2) is 6.61 Å². The number of thiazole rings is 1. The summed E-state index contributed by atoms with van der Waals surface area (Å²) in [7, 11) is 0. The molecule has 0 spiro atoms. The predicted octanol–water partition coefficient (Wildman–Crippen LogP) is 3.07. The minimum atomic E-state index is -0.138. The van der Waals surface area contributed by atoms with Crippen LogP contribution in [0.5, 0.6) is 5.75 Å². The highest BCUT2D eigenvalue weighted by atomic mass is 32.1. The zero-order chi connectivity index (χ0) is 15.4. The summed E-state index contributed by atoms with van der Waals surface area (Å²) in [6, 6.07) is 4.07. The zero-order valence-electron chi connectivity index (χ0n) is 12.8. The summed E-state index contributed by atoms with van der Waals surface area (Å²) in [4.78, 5) is 16.1. The maximum atomic E-state index is 11.8. The van der Waals surface area contributed by atoms with E-state index in [1.54, 1.807) is 11.3 Å². The van der Waals surface area contributed by atoms with Crippen molar-refractivity contribution in [3.63, 3.8) is 0 Å². The van der Waals surface area contributed by atoms with Crippen LogP contribution in [0.1, 0.15) is 27.4 Å². The third-order valence-electron chi connectivity index (χ3n) is 3.35. The quantitative estimate of drug-likeness (QED) is 0.923. The lowest BCUT2D eigenvalue weighted by Crippen LogP contribution is -2.28. The lowest BCUT2D eigenvalue weighted by Gasteiger charge is -2.13. The van der Waals surface area contributed by atoms with Crippen LogP contribution in [0.3, 0.4) is 0 Å². The normalized spacial score (nSPS) is 10.5. The van der Waals surface area contributed by atoms with Crippen molar-refractivity contribution in [3.05, 3.63) is 44.9 Å². The average molecular weight is 304 g/mol. The van der Waals surface area contributed by atoms with Crippen molar-refractivity contribution in [2.75, 3.05) is 6.61 Å². The minimum Gasteiger partial charge on any atom is -0.483 e. The van der Waals surface area contributed by atoms with Crippen molar-refractivity contribution < 1.29 is 9.53 Å². The highest BCUT2D eigenvalue weighted by Crippen LogP contribution is 2.25. The van der Waals surface area contributed by atoms with Crippen LogP contribution in [0.25, 0.3) is 0 Å². The molecule has 4 nitrogen and oxygen atoms in total. The molecule has 0 fully saturated rings. The first-order valence-electron chi connectivity index (χ1n) is 6.84. The summed E-state index contributed by atoms with van der Waals surface area (Å²) in [5.41, 5.74) is 4.17. The fraction of sp³-hybridized carbons (Fsp3) is 0.375. The Bertz CT molecular complexity index is 650. The van der Waals surface area contributed by atoms with Crippen LogP contribution >= 0.6 is 11.3 Å². The van der Waals surface area contributed by atoms with Crippen LogP contribution < -0.4 is 10.1 Å². The minimum absolute atomic E-state index is 0.0221. The third-order valence-corrected chi connectivity index (χ3v) is 4.18. The molecule has 0 radical (unpaired) electrons. The summed E-state index contributed by atoms with van der Waals surface area (Å²) in [6.07, 6.45) is 0. The van der Waals surface area contributed by atoms with E-state index in [1.807, 2.05) is 39.1 Å². The van der Waals surface area contributed by atoms with Crippen LogP contribution in [0.15, 0.2) is 17.5 Å². The van der Waals surface area contributed by atoms with Gasteiger partial charge in [-0.25, -0.2) is 4.98 Å². The molecule has 0 bridgehead atoms. The third kappa shape index (κ3) is 4.04. The van der Waals surface area contributed by atoms with Gasteiger partial charge in [0, 0.05) is 5.38 Å². The van der Waals surface area contributed by atoms with Gasteiger partial charge in [0.05, 0.1) is 17.2 Å². The van der Waals surface area contributed by atoms with Gasteiger partial charge in [0.1, 0.15) is 5.75 Å². The summed E-state index contributed by atoms with van der Waals surface area (Å²) >= 11 is 1.58. The Morgan fingerprint density at radius 1 is 1.24 bits per heavy atom. The molecule has 1 heterocycles. The summed E-state index contributed by atoms with van der Waals surface area (Å²) < 4.78 is 5.67. The van der Waals surface area contributed by atoms with Gasteiger partial charge < -0.3 is 10.1 Å². The highest BCUT2D eigenvalue weighted by molar-refractivity contribution is 7.09. The van der Waals surface area contributed by atoms with Crippen molar-refractivity contribution in [2.24, 2.45) is 0 Å². The molecule has 1 aromatic carbocycles. The maximum Gasteiger partial charge on any atom is 0.258 e. The van der Waals surface area contributed by atoms with E-state index in [0.29, 0.717) is 6.54 Å². The van der Waals surface area contributed by atoms with Crippen molar-refractivity contribution in [1.29, 1.82) is 0 Å². The van der Waals surface area contributed by atoms with E-state index < -0.39 is 0 Å². The lowest BCUT2D eigenvalue weighted by molar-refractivity contribution is -0.123. The van der Waals surface area contributed by atoms with Crippen LogP contribution in [-0.4, -0.2) is 17.5 Å². The number of hydrogen-bond donors (Lipinski definition) is 1. The van der Waals surface area contributed by atoms with Gasteiger partial charge in [0.25, 0.3) is 5.91 Å². The van der Waals surface area contributed by atoms with Gasteiger partial charge in [-0.15, -0.1) is 11.3 Å². The number of carbonyl (C=O) groups excluding carboxylic acids is 1. The number of nitrogens with one attached hydrogen (secondary N) is 1. The number of rotatable bonds is 5.